The number of hydrogen-bond acceptors (Lipinski definition) is 7. The van der Waals surface area contributed by atoms with Gasteiger partial charge < -0.3 is 30.5 Å². The molecule has 0 aromatic heterocycles. The second kappa shape index (κ2) is 6.81. The Bertz CT molecular complexity index is 530. The van der Waals surface area contributed by atoms with Crippen LogP contribution in [0.2, 0.25) is 0 Å². The van der Waals surface area contributed by atoms with Crippen LogP contribution in [0.15, 0.2) is 30.3 Å². The van der Waals surface area contributed by atoms with Crippen LogP contribution in [0.1, 0.15) is 12.5 Å². The molecule has 1 aromatic carbocycles. The fourth-order valence-corrected chi connectivity index (χ4v) is 1.64. The van der Waals surface area contributed by atoms with Gasteiger partial charge >= 0.3 is 5.97 Å². The van der Waals surface area contributed by atoms with Crippen LogP contribution in [0.5, 0.6) is 0 Å². The van der Waals surface area contributed by atoms with Gasteiger partial charge in [-0.05, 0) is 0 Å². The molecule has 0 aliphatic rings. The minimum Gasteiger partial charge on any atom is -0.345 e. The third-order valence-corrected chi connectivity index (χ3v) is 2.76. The Labute approximate surface area is 126 Å². The van der Waals surface area contributed by atoms with Crippen molar-refractivity contribution in [2.75, 3.05) is 7.11 Å². The van der Waals surface area contributed by atoms with Crippen molar-refractivity contribution in [2.24, 2.45) is 0 Å². The molecule has 1 atom stereocenters. The van der Waals surface area contributed by atoms with Gasteiger partial charge in [0.1, 0.15) is 0 Å². The van der Waals surface area contributed by atoms with Crippen molar-refractivity contribution < 1.29 is 34.8 Å². The number of nitrogens with one attached hydrogen (secondary N) is 2. The Morgan fingerprint density at radius 1 is 1.14 bits per heavy atom. The zero-order chi connectivity index (χ0) is 17.0. The van der Waals surface area contributed by atoms with E-state index in [0.29, 0.717) is 0 Å². The molecule has 1 aromatic rings. The van der Waals surface area contributed by atoms with Gasteiger partial charge in [0, 0.05) is 19.6 Å². The highest BCUT2D eigenvalue weighted by atomic mass is 16.8. The summed E-state index contributed by atoms with van der Waals surface area (Å²) in [5.41, 5.74) is -0.0659. The maximum atomic E-state index is 12.0. The first-order valence-electron chi connectivity index (χ1n) is 6.19. The number of hydrogen-bond donors (Lipinski definition) is 6. The summed E-state index contributed by atoms with van der Waals surface area (Å²) in [5.74, 6) is -7.86. The summed E-state index contributed by atoms with van der Waals surface area (Å²) in [6.07, 6.45) is 0. The summed E-state index contributed by atoms with van der Waals surface area (Å²) < 4.78 is 4.31. The Morgan fingerprint density at radius 3 is 2.14 bits per heavy atom. The van der Waals surface area contributed by atoms with Crippen molar-refractivity contribution in [2.45, 2.75) is 24.8 Å². The van der Waals surface area contributed by atoms with Crippen molar-refractivity contribution in [3.63, 3.8) is 0 Å². The van der Waals surface area contributed by atoms with E-state index in [2.05, 4.69) is 4.74 Å². The maximum Gasteiger partial charge on any atom is 0.308 e. The van der Waals surface area contributed by atoms with Gasteiger partial charge in [-0.25, -0.2) is 0 Å². The molecule has 22 heavy (non-hydrogen) atoms. The average molecular weight is 314 g/mol. The molecule has 6 N–H and O–H groups in total. The van der Waals surface area contributed by atoms with Gasteiger partial charge in [0.2, 0.25) is 5.91 Å². The van der Waals surface area contributed by atoms with Gasteiger partial charge in [-0.1, -0.05) is 30.3 Å². The molecule has 1 rings (SSSR count). The number of carbonyl (C=O) groups excluding carboxylic acids is 2. The number of methoxy groups -OCH3 is 1. The smallest absolute Gasteiger partial charge is 0.308 e. The molecule has 0 aliphatic carbocycles. The van der Waals surface area contributed by atoms with E-state index in [9.17, 15) is 30.0 Å². The van der Waals surface area contributed by atoms with Gasteiger partial charge in [0.05, 0.1) is 0 Å². The predicted molar refractivity (Wildman–Crippen MR) is 72.5 cm³/mol. The number of ether oxygens (including phenoxy) is 1. The second-order valence-corrected chi connectivity index (χ2v) is 4.52. The lowest BCUT2D eigenvalue weighted by Gasteiger charge is -2.31. The molecule has 9 heteroatoms. The lowest BCUT2D eigenvalue weighted by Crippen LogP contribution is -2.63. The second-order valence-electron chi connectivity index (χ2n) is 4.52. The lowest BCUT2D eigenvalue weighted by molar-refractivity contribution is -0.335. The first-order chi connectivity index (χ1) is 10.1. The monoisotopic (exact) mass is 314 g/mol. The summed E-state index contributed by atoms with van der Waals surface area (Å²) in [6.45, 7) is 1.04. The highest BCUT2D eigenvalue weighted by molar-refractivity contribution is 5.87. The number of amides is 2. The fourth-order valence-electron chi connectivity index (χ4n) is 1.64. The zero-order valence-corrected chi connectivity index (χ0v) is 12.0. The summed E-state index contributed by atoms with van der Waals surface area (Å²) in [5, 5.41) is 42.6. The van der Waals surface area contributed by atoms with E-state index >= 15 is 0 Å². The molecule has 0 aliphatic heterocycles. The van der Waals surface area contributed by atoms with Gasteiger partial charge in [0.25, 0.3) is 11.8 Å². The molecular weight excluding hydrogens is 296 g/mol. The van der Waals surface area contributed by atoms with Crippen LogP contribution in [0.25, 0.3) is 0 Å². The molecule has 2 amide bonds. The summed E-state index contributed by atoms with van der Waals surface area (Å²) >= 11 is 0. The number of aliphatic hydroxyl groups is 4. The molecule has 0 saturated carbocycles. The third-order valence-electron chi connectivity index (χ3n) is 2.76. The molecular formula is C13H18N2O7. The lowest BCUT2D eigenvalue weighted by atomic mass is 10.1. The topological polar surface area (TPSA) is 148 Å². The van der Waals surface area contributed by atoms with Crippen molar-refractivity contribution in [3.8, 4) is 0 Å². The van der Waals surface area contributed by atoms with Gasteiger partial charge in [0.15, 0.2) is 6.04 Å². The van der Waals surface area contributed by atoms with Crippen LogP contribution in [0.3, 0.4) is 0 Å². The predicted octanol–water partition coefficient (Wildman–Crippen LogP) is -2.31. The van der Waals surface area contributed by atoms with Crippen LogP contribution in [0, 0.1) is 0 Å². The van der Waals surface area contributed by atoms with Crippen LogP contribution in [-0.4, -0.2) is 51.4 Å². The van der Waals surface area contributed by atoms with Gasteiger partial charge in [-0.15, -0.1) is 0 Å². The van der Waals surface area contributed by atoms with Gasteiger partial charge in [-0.2, -0.15) is 0 Å². The highest BCUT2D eigenvalue weighted by Crippen LogP contribution is 2.16. The number of benzene rings is 1. The Hall–Kier alpha value is -2.04. The quantitative estimate of drug-likeness (QED) is 0.323. The molecule has 1 unspecified atom stereocenters. The largest absolute Gasteiger partial charge is 0.345 e. The van der Waals surface area contributed by atoms with E-state index in [0.717, 1.165) is 14.0 Å². The summed E-state index contributed by atoms with van der Waals surface area (Å²) in [4.78, 5) is 23.1. The third kappa shape index (κ3) is 4.48. The first kappa shape index (κ1) is 18.0. The number of carbonyl (C=O) groups is 2. The van der Waals surface area contributed by atoms with E-state index in [-0.39, 0.29) is 5.56 Å². The van der Waals surface area contributed by atoms with Gasteiger partial charge in [-0.3, -0.25) is 14.9 Å². The van der Waals surface area contributed by atoms with E-state index < -0.39 is 29.7 Å². The van der Waals surface area contributed by atoms with Crippen molar-refractivity contribution in [1.82, 2.24) is 10.6 Å². The molecule has 0 fully saturated rings. The molecule has 0 bridgehead atoms. The Balaban J connectivity index is 2.98. The van der Waals surface area contributed by atoms with Crippen LogP contribution < -0.4 is 10.6 Å². The minimum absolute atomic E-state index is 0.0659. The molecule has 0 saturated heterocycles. The molecule has 0 radical (unpaired) electrons. The van der Waals surface area contributed by atoms with E-state index in [1.165, 1.54) is 24.3 Å². The van der Waals surface area contributed by atoms with E-state index in [1.54, 1.807) is 11.4 Å². The van der Waals surface area contributed by atoms with Crippen molar-refractivity contribution in [3.05, 3.63) is 35.9 Å². The van der Waals surface area contributed by atoms with E-state index in [4.69, 9.17) is 0 Å². The molecule has 0 spiro atoms. The van der Waals surface area contributed by atoms with Crippen molar-refractivity contribution in [1.29, 1.82) is 0 Å². The maximum absolute atomic E-state index is 12.0. The minimum atomic E-state index is -3.04. The zero-order valence-electron chi connectivity index (χ0n) is 12.0. The molecule has 0 heterocycles. The van der Waals surface area contributed by atoms with Crippen LogP contribution in [0.4, 0.5) is 0 Å². The van der Waals surface area contributed by atoms with Crippen molar-refractivity contribution >= 4 is 11.8 Å². The summed E-state index contributed by atoms with van der Waals surface area (Å²) in [6, 6.07) is 5.30. The fraction of sp³-hybridized carbons (Fsp3) is 0.385. The average Bonchev–Trinajstić information content (AvgIpc) is 2.44. The number of rotatable bonds is 6. The molecule has 122 valence electrons. The molecule has 9 nitrogen and oxygen atoms in total. The first-order valence-corrected chi connectivity index (χ1v) is 6.19. The Morgan fingerprint density at radius 2 is 1.68 bits per heavy atom. The Kier molecular flexibility index (Phi) is 5.58. The van der Waals surface area contributed by atoms with E-state index in [1.807, 2.05) is 5.32 Å². The standard InChI is InChI=1S/C13H18N2O7/c1-8(16)14-10(13(20,21)22-2)11(17)15-12(18,19)9-6-4-3-5-7-9/h3-7,10,18-21H,1-2H3,(H,14,16)(H,15,17). The van der Waals surface area contributed by atoms with Crippen LogP contribution in [-0.2, 0) is 20.2 Å². The van der Waals surface area contributed by atoms with Crippen LogP contribution >= 0.6 is 0 Å². The summed E-state index contributed by atoms with van der Waals surface area (Å²) in [7, 11) is 0.893. The highest BCUT2D eigenvalue weighted by Gasteiger charge is 2.44. The SMILES string of the molecule is COC(O)(O)C(NC(C)=O)C(=O)NC(O)(O)c1ccccc1. The normalized spacial score (nSPS) is 13.4.